The Bertz CT molecular complexity index is 1720. The van der Waals surface area contributed by atoms with E-state index in [1.165, 1.54) is 53.4 Å². The van der Waals surface area contributed by atoms with E-state index in [-0.39, 0.29) is 35.2 Å². The monoisotopic (exact) mass is 633 g/mol. The van der Waals surface area contributed by atoms with Crippen LogP contribution < -0.4 is 9.62 Å². The van der Waals surface area contributed by atoms with Crippen LogP contribution in [0.1, 0.15) is 37.0 Å². The number of nitrogens with zero attached hydrogens (tertiary/aromatic N) is 2. The van der Waals surface area contributed by atoms with Crippen LogP contribution in [0.3, 0.4) is 0 Å². The van der Waals surface area contributed by atoms with E-state index in [0.717, 1.165) is 17.2 Å². The molecule has 0 unspecified atom stereocenters. The number of hydrogen-bond donors (Lipinski definition) is 1. The number of hydrogen-bond acceptors (Lipinski definition) is 4. The van der Waals surface area contributed by atoms with Crippen molar-refractivity contribution in [3.05, 3.63) is 131 Å². The lowest BCUT2D eigenvalue weighted by Crippen LogP contribution is -2.54. The number of aryl methyl sites for hydroxylation is 1. The van der Waals surface area contributed by atoms with Crippen molar-refractivity contribution in [3.8, 4) is 0 Å². The molecule has 7 nitrogen and oxygen atoms in total. The van der Waals surface area contributed by atoms with Crippen molar-refractivity contribution in [2.75, 3.05) is 10.8 Å². The van der Waals surface area contributed by atoms with Gasteiger partial charge in [-0.25, -0.2) is 17.2 Å². The number of anilines is 1. The van der Waals surface area contributed by atoms with Gasteiger partial charge in [0.15, 0.2) is 0 Å². The Morgan fingerprint density at radius 3 is 2.04 bits per heavy atom. The van der Waals surface area contributed by atoms with Gasteiger partial charge in [-0.15, -0.1) is 0 Å². The number of carbonyl (C=O) groups is 2. The first-order valence-electron chi connectivity index (χ1n) is 14.7. The third-order valence-electron chi connectivity index (χ3n) is 7.58. The van der Waals surface area contributed by atoms with Gasteiger partial charge in [-0.2, -0.15) is 0 Å². The zero-order valence-corrected chi connectivity index (χ0v) is 26.3. The molecule has 2 amide bonds. The molecule has 0 fully saturated rings. The van der Waals surface area contributed by atoms with Gasteiger partial charge in [-0.3, -0.25) is 13.9 Å². The van der Waals surface area contributed by atoms with Crippen LogP contribution in [0.25, 0.3) is 0 Å². The third-order valence-corrected chi connectivity index (χ3v) is 9.35. The zero-order valence-electron chi connectivity index (χ0n) is 25.5. The van der Waals surface area contributed by atoms with Crippen LogP contribution in [0, 0.1) is 18.6 Å². The topological polar surface area (TPSA) is 86.8 Å². The van der Waals surface area contributed by atoms with Crippen LogP contribution in [-0.2, 0) is 32.6 Å². The van der Waals surface area contributed by atoms with Crippen molar-refractivity contribution in [2.24, 2.45) is 0 Å². The highest BCUT2D eigenvalue weighted by atomic mass is 32.2. The minimum absolute atomic E-state index is 0.0771. The second kappa shape index (κ2) is 14.9. The molecule has 0 aliphatic carbocycles. The molecule has 0 bridgehead atoms. The Morgan fingerprint density at radius 2 is 1.42 bits per heavy atom. The van der Waals surface area contributed by atoms with Crippen LogP contribution >= 0.6 is 0 Å². The van der Waals surface area contributed by atoms with Gasteiger partial charge < -0.3 is 10.2 Å². The molecule has 0 spiro atoms. The van der Waals surface area contributed by atoms with Crippen LogP contribution in [0.15, 0.2) is 108 Å². The van der Waals surface area contributed by atoms with Crippen molar-refractivity contribution in [1.29, 1.82) is 0 Å². The highest BCUT2D eigenvalue weighted by Crippen LogP contribution is 2.27. The smallest absolute Gasteiger partial charge is 0.264 e. The molecule has 0 radical (unpaired) electrons. The summed E-state index contributed by atoms with van der Waals surface area (Å²) < 4.78 is 58.9. The van der Waals surface area contributed by atoms with E-state index in [4.69, 9.17) is 0 Å². The summed E-state index contributed by atoms with van der Waals surface area (Å²) in [6.45, 7) is 4.36. The molecule has 1 N–H and O–H groups in total. The van der Waals surface area contributed by atoms with Gasteiger partial charge in [0, 0.05) is 24.6 Å². The summed E-state index contributed by atoms with van der Waals surface area (Å²) >= 11 is 0. The SMILES string of the molecule is CC[C@H](C)NC(=O)[C@H](Cc1ccccc1)N(Cc1ccccc1F)C(=O)CN(c1ccccc1F)S(=O)(=O)c1ccc(C)cc1. The summed E-state index contributed by atoms with van der Waals surface area (Å²) in [4.78, 5) is 29.2. The minimum atomic E-state index is -4.46. The molecule has 0 saturated heterocycles. The predicted octanol–water partition coefficient (Wildman–Crippen LogP) is 6.02. The molecule has 0 aliphatic heterocycles. The number of benzene rings is 4. The fourth-order valence-electron chi connectivity index (χ4n) is 4.81. The number of nitrogens with one attached hydrogen (secondary N) is 1. The second-order valence-corrected chi connectivity index (χ2v) is 12.8. The molecule has 45 heavy (non-hydrogen) atoms. The molecule has 0 heterocycles. The molecule has 10 heteroatoms. The highest BCUT2D eigenvalue weighted by molar-refractivity contribution is 7.92. The van der Waals surface area contributed by atoms with Gasteiger partial charge in [0.25, 0.3) is 10.0 Å². The Balaban J connectivity index is 1.83. The lowest BCUT2D eigenvalue weighted by atomic mass is 10.0. The van der Waals surface area contributed by atoms with Gasteiger partial charge in [-0.1, -0.05) is 85.3 Å². The number of amides is 2. The first-order chi connectivity index (χ1) is 21.5. The number of rotatable bonds is 13. The Labute approximate surface area is 263 Å². The number of para-hydroxylation sites is 1. The average Bonchev–Trinajstić information content (AvgIpc) is 3.03. The first-order valence-corrected chi connectivity index (χ1v) is 16.2. The summed E-state index contributed by atoms with van der Waals surface area (Å²) in [7, 11) is -4.46. The van der Waals surface area contributed by atoms with Crippen molar-refractivity contribution < 1.29 is 26.8 Å². The maximum Gasteiger partial charge on any atom is 0.264 e. The van der Waals surface area contributed by atoms with E-state index in [2.05, 4.69) is 5.32 Å². The van der Waals surface area contributed by atoms with Crippen molar-refractivity contribution in [2.45, 2.75) is 57.1 Å². The molecular formula is C35H37F2N3O4S. The van der Waals surface area contributed by atoms with Crippen LogP contribution in [0.2, 0.25) is 0 Å². The fourth-order valence-corrected chi connectivity index (χ4v) is 6.23. The standard InChI is InChI=1S/C35H37F2N3O4S/c1-4-26(3)38-35(42)33(22-27-12-6-5-7-13-27)39(23-28-14-8-9-15-30(28)36)34(41)24-40(32-17-11-10-16-31(32)37)45(43,44)29-20-18-25(2)19-21-29/h5-21,26,33H,4,22-24H2,1-3H3,(H,38,42)/t26-,33-/m0/s1. The molecule has 4 rings (SSSR count). The normalized spacial score (nSPS) is 12.6. The molecular weight excluding hydrogens is 596 g/mol. The van der Waals surface area contributed by atoms with E-state index in [1.807, 2.05) is 32.0 Å². The summed E-state index contributed by atoms with van der Waals surface area (Å²) in [6.07, 6.45) is 0.703. The van der Waals surface area contributed by atoms with E-state index in [0.29, 0.717) is 10.7 Å². The predicted molar refractivity (Wildman–Crippen MR) is 171 cm³/mol. The number of sulfonamides is 1. The molecule has 4 aromatic carbocycles. The van der Waals surface area contributed by atoms with Crippen LogP contribution in [0.4, 0.5) is 14.5 Å². The van der Waals surface area contributed by atoms with E-state index >= 15 is 4.39 Å². The quantitative estimate of drug-likeness (QED) is 0.195. The Hall–Kier alpha value is -4.57. The molecule has 0 aliphatic rings. The molecule has 0 saturated carbocycles. The van der Waals surface area contributed by atoms with Gasteiger partial charge in [0.2, 0.25) is 11.8 Å². The minimum Gasteiger partial charge on any atom is -0.352 e. The fraction of sp³-hybridized carbons (Fsp3) is 0.257. The van der Waals surface area contributed by atoms with Gasteiger partial charge >= 0.3 is 0 Å². The second-order valence-electron chi connectivity index (χ2n) is 10.9. The molecule has 2 atom stereocenters. The molecule has 236 valence electrons. The zero-order chi connectivity index (χ0) is 32.6. The highest BCUT2D eigenvalue weighted by Gasteiger charge is 2.36. The van der Waals surface area contributed by atoms with Crippen molar-refractivity contribution in [3.63, 3.8) is 0 Å². The van der Waals surface area contributed by atoms with Crippen LogP contribution in [0.5, 0.6) is 0 Å². The molecule has 0 aromatic heterocycles. The van der Waals surface area contributed by atoms with Crippen LogP contribution in [-0.4, -0.2) is 43.8 Å². The van der Waals surface area contributed by atoms with Gasteiger partial charge in [-0.05, 0) is 56.2 Å². The number of carbonyl (C=O) groups excluding carboxylic acids is 2. The number of halogens is 2. The van der Waals surface area contributed by atoms with Gasteiger partial charge in [0.1, 0.15) is 24.2 Å². The maximum atomic E-state index is 15.2. The summed E-state index contributed by atoms with van der Waals surface area (Å²) in [5.41, 5.74) is 1.36. The maximum absolute atomic E-state index is 15.2. The van der Waals surface area contributed by atoms with E-state index in [1.54, 1.807) is 37.3 Å². The van der Waals surface area contributed by atoms with E-state index in [9.17, 15) is 22.4 Å². The Morgan fingerprint density at radius 1 is 0.822 bits per heavy atom. The lowest BCUT2D eigenvalue weighted by Gasteiger charge is -2.34. The van der Waals surface area contributed by atoms with Crippen molar-refractivity contribution >= 4 is 27.5 Å². The van der Waals surface area contributed by atoms with Crippen molar-refractivity contribution in [1.82, 2.24) is 10.2 Å². The average molecular weight is 634 g/mol. The summed E-state index contributed by atoms with van der Waals surface area (Å²) in [6, 6.07) is 24.8. The molecule has 4 aromatic rings. The summed E-state index contributed by atoms with van der Waals surface area (Å²) in [5, 5.41) is 2.92. The third kappa shape index (κ3) is 8.33. The first kappa shape index (κ1) is 33.3. The Kier molecular flexibility index (Phi) is 11.1. The largest absolute Gasteiger partial charge is 0.352 e. The van der Waals surface area contributed by atoms with E-state index < -0.39 is 46.1 Å². The lowest BCUT2D eigenvalue weighted by molar-refractivity contribution is -0.140. The summed E-state index contributed by atoms with van der Waals surface area (Å²) in [5.74, 6) is -2.72. The van der Waals surface area contributed by atoms with Gasteiger partial charge in [0.05, 0.1) is 10.6 Å².